The van der Waals surface area contributed by atoms with Crippen LogP contribution in [0.3, 0.4) is 0 Å². The molecular weight excluding hydrogens is 342 g/mol. The summed E-state index contributed by atoms with van der Waals surface area (Å²) in [4.78, 5) is 0.0855. The van der Waals surface area contributed by atoms with Crippen molar-refractivity contribution >= 4 is 20.0 Å². The molecule has 1 aromatic rings. The highest BCUT2D eigenvalue weighted by Gasteiger charge is 2.34. The zero-order valence-electron chi connectivity index (χ0n) is 13.6. The first-order valence-electron chi connectivity index (χ1n) is 7.61. The second-order valence-electron chi connectivity index (χ2n) is 5.63. The van der Waals surface area contributed by atoms with Crippen LogP contribution in [0.1, 0.15) is 31.2 Å². The van der Waals surface area contributed by atoms with Crippen molar-refractivity contribution < 1.29 is 21.4 Å². The fourth-order valence-electron chi connectivity index (χ4n) is 2.75. The average molecular weight is 365 g/mol. The van der Waals surface area contributed by atoms with E-state index in [0.29, 0.717) is 25.1 Å². The van der Waals surface area contributed by atoms with Crippen molar-refractivity contribution in [3.63, 3.8) is 0 Å². The molecule has 2 rings (SSSR count). The van der Waals surface area contributed by atoms with E-state index >= 15 is 0 Å². The van der Waals surface area contributed by atoms with E-state index in [9.17, 15) is 16.8 Å². The minimum absolute atomic E-state index is 0.0855. The number of rotatable bonds is 5. The largest absolute Gasteiger partial charge is 0.360 e. The minimum Gasteiger partial charge on any atom is -0.360 e. The number of aryl methyl sites for hydroxylation is 2. The molecule has 0 aromatic carbocycles. The topological polar surface area (TPSA) is 101 Å². The molecule has 0 bridgehead atoms. The van der Waals surface area contributed by atoms with Gasteiger partial charge in [0.25, 0.3) is 0 Å². The Bertz CT molecular complexity index is 735. The van der Waals surface area contributed by atoms with Crippen molar-refractivity contribution in [3.05, 3.63) is 11.5 Å². The maximum absolute atomic E-state index is 12.8. The van der Waals surface area contributed by atoms with Crippen LogP contribution in [0.4, 0.5) is 0 Å². The Morgan fingerprint density at radius 1 is 1.04 bits per heavy atom. The van der Waals surface area contributed by atoms with Gasteiger partial charge in [-0.05, 0) is 26.7 Å². The molecule has 1 fully saturated rings. The molecule has 1 aliphatic rings. The van der Waals surface area contributed by atoms with E-state index in [0.717, 1.165) is 0 Å². The van der Waals surface area contributed by atoms with Gasteiger partial charge in [-0.1, -0.05) is 12.1 Å². The van der Waals surface area contributed by atoms with Crippen LogP contribution < -0.4 is 0 Å². The smallest absolute Gasteiger partial charge is 0.248 e. The number of hydrogen-bond donors (Lipinski definition) is 0. The third kappa shape index (κ3) is 3.76. The minimum atomic E-state index is -3.73. The lowest BCUT2D eigenvalue weighted by atomic mass is 10.4. The summed E-state index contributed by atoms with van der Waals surface area (Å²) in [5, 5.41) is 3.69. The van der Waals surface area contributed by atoms with Gasteiger partial charge in [0.2, 0.25) is 20.0 Å². The highest BCUT2D eigenvalue weighted by atomic mass is 32.2. The summed E-state index contributed by atoms with van der Waals surface area (Å²) in [6.07, 6.45) is 1.01. The van der Waals surface area contributed by atoms with E-state index in [2.05, 4.69) is 5.16 Å². The standard InChI is InChI=1S/C13H23N3O5S2/c1-4-10-22(17,18)15-6-5-7-16(9-8-15)23(19,20)13-11(2)14-21-12(13)3/h4-10H2,1-3H3. The molecule has 23 heavy (non-hydrogen) atoms. The van der Waals surface area contributed by atoms with Gasteiger partial charge in [-0.3, -0.25) is 0 Å². The zero-order chi connectivity index (χ0) is 17.3. The second-order valence-corrected chi connectivity index (χ2v) is 9.59. The van der Waals surface area contributed by atoms with Crippen LogP contribution in [0.5, 0.6) is 0 Å². The lowest BCUT2D eigenvalue weighted by Gasteiger charge is -2.21. The second kappa shape index (κ2) is 6.88. The Balaban J connectivity index is 2.21. The summed E-state index contributed by atoms with van der Waals surface area (Å²) in [7, 11) is -7.04. The molecular formula is C13H23N3O5S2. The molecule has 10 heteroatoms. The van der Waals surface area contributed by atoms with Crippen molar-refractivity contribution in [3.8, 4) is 0 Å². The normalized spacial score (nSPS) is 18.9. The third-order valence-electron chi connectivity index (χ3n) is 3.84. The summed E-state index contributed by atoms with van der Waals surface area (Å²) in [5.74, 6) is 0.339. The summed E-state index contributed by atoms with van der Waals surface area (Å²) in [5.41, 5.74) is 0.321. The summed E-state index contributed by atoms with van der Waals surface area (Å²) in [6, 6.07) is 0. The van der Waals surface area contributed by atoms with Crippen LogP contribution >= 0.6 is 0 Å². The number of nitrogens with zero attached hydrogens (tertiary/aromatic N) is 3. The van der Waals surface area contributed by atoms with Gasteiger partial charge in [-0.15, -0.1) is 0 Å². The number of aromatic nitrogens is 1. The van der Waals surface area contributed by atoms with Crippen LogP contribution in [0, 0.1) is 13.8 Å². The molecule has 1 aromatic heterocycles. The SMILES string of the molecule is CCCS(=O)(=O)N1CCCN(S(=O)(=O)c2c(C)noc2C)CC1. The third-order valence-corrected chi connectivity index (χ3v) is 8.05. The molecule has 0 atom stereocenters. The lowest BCUT2D eigenvalue weighted by Crippen LogP contribution is -2.38. The van der Waals surface area contributed by atoms with Crippen LogP contribution in [0.2, 0.25) is 0 Å². The van der Waals surface area contributed by atoms with E-state index in [-0.39, 0.29) is 36.0 Å². The molecule has 0 aliphatic carbocycles. The molecule has 0 spiro atoms. The van der Waals surface area contributed by atoms with Gasteiger partial charge in [-0.25, -0.2) is 21.1 Å². The monoisotopic (exact) mass is 365 g/mol. The molecule has 1 aliphatic heterocycles. The van der Waals surface area contributed by atoms with E-state index in [4.69, 9.17) is 4.52 Å². The average Bonchev–Trinajstić information content (AvgIpc) is 2.67. The fraction of sp³-hybridized carbons (Fsp3) is 0.769. The first-order valence-corrected chi connectivity index (χ1v) is 10.7. The summed E-state index contributed by atoms with van der Waals surface area (Å²) < 4.78 is 57.6. The van der Waals surface area contributed by atoms with Gasteiger partial charge in [0, 0.05) is 26.2 Å². The molecule has 0 saturated carbocycles. The van der Waals surface area contributed by atoms with Gasteiger partial charge < -0.3 is 4.52 Å². The molecule has 0 radical (unpaired) electrons. The molecule has 0 unspecified atom stereocenters. The molecule has 2 heterocycles. The van der Waals surface area contributed by atoms with E-state index < -0.39 is 20.0 Å². The van der Waals surface area contributed by atoms with Crippen LogP contribution in [-0.4, -0.2) is 62.5 Å². The first-order chi connectivity index (χ1) is 10.7. The summed E-state index contributed by atoms with van der Waals surface area (Å²) >= 11 is 0. The Labute approximate surface area is 137 Å². The fourth-order valence-corrected chi connectivity index (χ4v) is 6.05. The van der Waals surface area contributed by atoms with Crippen molar-refractivity contribution in [2.24, 2.45) is 0 Å². The Hall–Kier alpha value is -0.970. The Morgan fingerprint density at radius 2 is 1.65 bits per heavy atom. The summed E-state index contributed by atoms with van der Waals surface area (Å²) in [6.45, 7) is 5.88. The van der Waals surface area contributed by atoms with E-state index in [1.54, 1.807) is 13.8 Å². The molecule has 0 amide bonds. The first kappa shape index (κ1) is 18.4. The van der Waals surface area contributed by atoms with Gasteiger partial charge in [0.1, 0.15) is 10.6 Å². The van der Waals surface area contributed by atoms with E-state index in [1.807, 2.05) is 6.92 Å². The number of hydrogen-bond acceptors (Lipinski definition) is 6. The molecule has 1 saturated heterocycles. The highest BCUT2D eigenvalue weighted by molar-refractivity contribution is 7.89. The Morgan fingerprint density at radius 3 is 2.22 bits per heavy atom. The van der Waals surface area contributed by atoms with Crippen LogP contribution in [-0.2, 0) is 20.0 Å². The van der Waals surface area contributed by atoms with Gasteiger partial charge >= 0.3 is 0 Å². The molecule has 0 N–H and O–H groups in total. The van der Waals surface area contributed by atoms with Gasteiger partial charge in [0.05, 0.1) is 5.75 Å². The van der Waals surface area contributed by atoms with Crippen molar-refractivity contribution in [2.45, 2.75) is 38.5 Å². The van der Waals surface area contributed by atoms with Crippen molar-refractivity contribution in [1.29, 1.82) is 0 Å². The van der Waals surface area contributed by atoms with Crippen LogP contribution in [0.15, 0.2) is 9.42 Å². The Kier molecular flexibility index (Phi) is 5.49. The maximum Gasteiger partial charge on any atom is 0.248 e. The predicted molar refractivity (Wildman–Crippen MR) is 85.0 cm³/mol. The zero-order valence-corrected chi connectivity index (χ0v) is 15.3. The quantitative estimate of drug-likeness (QED) is 0.762. The number of sulfonamides is 2. The van der Waals surface area contributed by atoms with Crippen molar-refractivity contribution in [1.82, 2.24) is 13.8 Å². The van der Waals surface area contributed by atoms with Gasteiger partial charge in [-0.2, -0.15) is 4.31 Å². The maximum atomic E-state index is 12.8. The van der Waals surface area contributed by atoms with Crippen molar-refractivity contribution in [2.75, 3.05) is 31.9 Å². The predicted octanol–water partition coefficient (Wildman–Crippen LogP) is 0.728. The van der Waals surface area contributed by atoms with E-state index in [1.165, 1.54) is 8.61 Å². The van der Waals surface area contributed by atoms with Crippen LogP contribution in [0.25, 0.3) is 0 Å². The molecule has 132 valence electrons. The lowest BCUT2D eigenvalue weighted by molar-refractivity contribution is 0.387. The highest BCUT2D eigenvalue weighted by Crippen LogP contribution is 2.24. The van der Waals surface area contributed by atoms with Gasteiger partial charge in [0.15, 0.2) is 5.76 Å². The molecule has 8 nitrogen and oxygen atoms in total.